The molecule has 3 aromatic carbocycles. The van der Waals surface area contributed by atoms with Gasteiger partial charge >= 0.3 is 6.03 Å². The van der Waals surface area contributed by atoms with E-state index in [1.807, 2.05) is 66.7 Å². The summed E-state index contributed by atoms with van der Waals surface area (Å²) in [5.74, 6) is 0.607. The van der Waals surface area contributed by atoms with E-state index in [0.29, 0.717) is 0 Å². The van der Waals surface area contributed by atoms with Gasteiger partial charge in [0.15, 0.2) is 0 Å². The molecule has 1 fully saturated rings. The largest absolute Gasteiger partial charge is 0.497 e. The van der Waals surface area contributed by atoms with Crippen LogP contribution in [-0.2, 0) is 11.3 Å². The number of hydrogen-bond acceptors (Lipinski definition) is 3. The lowest BCUT2D eigenvalue weighted by molar-refractivity contribution is -0.128. The third-order valence-corrected chi connectivity index (χ3v) is 4.99. The summed E-state index contributed by atoms with van der Waals surface area (Å²) in [5, 5.41) is 2.09. The first-order chi connectivity index (χ1) is 13.1. The van der Waals surface area contributed by atoms with Gasteiger partial charge in [-0.2, -0.15) is 0 Å². The number of ether oxygens (including phenoxy) is 1. The number of hydrogen-bond donors (Lipinski definition) is 0. The van der Waals surface area contributed by atoms with Gasteiger partial charge in [-0.15, -0.1) is 0 Å². The van der Waals surface area contributed by atoms with Gasteiger partial charge in [0, 0.05) is 7.05 Å². The van der Waals surface area contributed by atoms with E-state index >= 15 is 0 Å². The average Bonchev–Trinajstić information content (AvgIpc) is 2.91. The number of amides is 3. The standard InChI is InChI=1S/C22H20N2O3/c1-23-20(16-6-4-3-5-7-16)21(25)24(22(23)26)14-15-8-9-18-13-19(27-2)11-10-17(18)12-15/h3-13,20H,14H2,1-2H3. The summed E-state index contributed by atoms with van der Waals surface area (Å²) in [7, 11) is 3.31. The van der Waals surface area contributed by atoms with E-state index in [1.54, 1.807) is 14.2 Å². The van der Waals surface area contributed by atoms with Crippen molar-refractivity contribution >= 4 is 22.7 Å². The van der Waals surface area contributed by atoms with Crippen LogP contribution in [0.25, 0.3) is 10.8 Å². The minimum Gasteiger partial charge on any atom is -0.497 e. The van der Waals surface area contributed by atoms with Crippen molar-refractivity contribution in [1.82, 2.24) is 9.80 Å². The molecule has 5 heteroatoms. The summed E-state index contributed by atoms with van der Waals surface area (Å²) in [6, 6.07) is 20.3. The molecular formula is C22H20N2O3. The topological polar surface area (TPSA) is 49.9 Å². The Kier molecular flexibility index (Phi) is 4.28. The Bertz CT molecular complexity index is 1020. The number of rotatable bonds is 4. The number of likely N-dealkylation sites (N-methyl/N-ethyl adjacent to an activating group) is 1. The van der Waals surface area contributed by atoms with Crippen LogP contribution in [0.5, 0.6) is 5.75 Å². The molecule has 1 saturated heterocycles. The number of methoxy groups -OCH3 is 1. The third-order valence-electron chi connectivity index (χ3n) is 4.99. The number of fused-ring (bicyclic) bond motifs is 1. The maximum absolute atomic E-state index is 12.9. The van der Waals surface area contributed by atoms with Crippen LogP contribution in [-0.4, -0.2) is 35.9 Å². The summed E-state index contributed by atoms with van der Waals surface area (Å²) < 4.78 is 5.25. The maximum atomic E-state index is 12.9. The van der Waals surface area contributed by atoms with E-state index in [4.69, 9.17) is 4.74 Å². The van der Waals surface area contributed by atoms with Crippen LogP contribution in [0.2, 0.25) is 0 Å². The molecule has 5 nitrogen and oxygen atoms in total. The molecule has 0 radical (unpaired) electrons. The fourth-order valence-corrected chi connectivity index (χ4v) is 3.54. The second kappa shape index (κ2) is 6.76. The summed E-state index contributed by atoms with van der Waals surface area (Å²) in [4.78, 5) is 28.4. The summed E-state index contributed by atoms with van der Waals surface area (Å²) in [6.45, 7) is 0.257. The second-order valence-corrected chi connectivity index (χ2v) is 6.68. The molecule has 0 N–H and O–H groups in total. The van der Waals surface area contributed by atoms with Gasteiger partial charge in [0.05, 0.1) is 13.7 Å². The Morgan fingerprint density at radius 1 is 0.926 bits per heavy atom. The molecule has 1 aliphatic rings. The van der Waals surface area contributed by atoms with Gasteiger partial charge in [-0.25, -0.2) is 4.79 Å². The molecule has 27 heavy (non-hydrogen) atoms. The molecule has 4 rings (SSSR count). The van der Waals surface area contributed by atoms with Crippen molar-refractivity contribution in [3.63, 3.8) is 0 Å². The van der Waals surface area contributed by atoms with Crippen molar-refractivity contribution in [2.45, 2.75) is 12.6 Å². The summed E-state index contributed by atoms with van der Waals surface area (Å²) >= 11 is 0. The van der Waals surface area contributed by atoms with E-state index in [9.17, 15) is 9.59 Å². The van der Waals surface area contributed by atoms with Gasteiger partial charge < -0.3 is 9.64 Å². The number of carbonyl (C=O) groups is 2. The second-order valence-electron chi connectivity index (χ2n) is 6.68. The smallest absolute Gasteiger partial charge is 0.327 e. The first-order valence-corrected chi connectivity index (χ1v) is 8.78. The Labute approximate surface area is 157 Å². The lowest BCUT2D eigenvalue weighted by Gasteiger charge is -2.16. The molecule has 0 bridgehead atoms. The number of carbonyl (C=O) groups excluding carboxylic acids is 2. The minimum absolute atomic E-state index is 0.191. The highest BCUT2D eigenvalue weighted by molar-refractivity contribution is 6.04. The van der Waals surface area contributed by atoms with Crippen LogP contribution in [0, 0.1) is 0 Å². The molecule has 136 valence electrons. The molecule has 3 aromatic rings. The Morgan fingerprint density at radius 2 is 1.63 bits per heavy atom. The van der Waals surface area contributed by atoms with Gasteiger partial charge in [-0.3, -0.25) is 9.69 Å². The van der Waals surface area contributed by atoms with Crippen molar-refractivity contribution in [3.05, 3.63) is 77.9 Å². The normalized spacial score (nSPS) is 17.0. The van der Waals surface area contributed by atoms with Gasteiger partial charge in [0.25, 0.3) is 5.91 Å². The summed E-state index contributed by atoms with van der Waals surface area (Å²) in [5.41, 5.74) is 1.74. The quantitative estimate of drug-likeness (QED) is 0.661. The van der Waals surface area contributed by atoms with Crippen LogP contribution in [0.3, 0.4) is 0 Å². The van der Waals surface area contributed by atoms with Crippen LogP contribution in [0.15, 0.2) is 66.7 Å². The molecular weight excluding hydrogens is 340 g/mol. The molecule has 1 atom stereocenters. The molecule has 3 amide bonds. The zero-order chi connectivity index (χ0) is 19.0. The predicted molar refractivity (Wildman–Crippen MR) is 103 cm³/mol. The number of urea groups is 1. The number of imide groups is 1. The number of nitrogens with zero attached hydrogens (tertiary/aromatic N) is 2. The van der Waals surface area contributed by atoms with Crippen molar-refractivity contribution in [3.8, 4) is 5.75 Å². The van der Waals surface area contributed by atoms with E-state index in [0.717, 1.165) is 27.6 Å². The molecule has 1 aliphatic heterocycles. The fourth-order valence-electron chi connectivity index (χ4n) is 3.54. The predicted octanol–water partition coefficient (Wildman–Crippen LogP) is 3.98. The monoisotopic (exact) mass is 360 g/mol. The lowest BCUT2D eigenvalue weighted by atomic mass is 10.1. The molecule has 0 aromatic heterocycles. The summed E-state index contributed by atoms with van der Waals surface area (Å²) in [6.07, 6.45) is 0. The highest BCUT2D eigenvalue weighted by atomic mass is 16.5. The van der Waals surface area contributed by atoms with Gasteiger partial charge in [-0.1, -0.05) is 48.5 Å². The zero-order valence-corrected chi connectivity index (χ0v) is 15.3. The van der Waals surface area contributed by atoms with E-state index < -0.39 is 6.04 Å². The molecule has 1 heterocycles. The van der Waals surface area contributed by atoms with Crippen LogP contribution in [0.1, 0.15) is 17.2 Å². The SMILES string of the molecule is COc1ccc2cc(CN3C(=O)C(c4ccccc4)N(C)C3=O)ccc2c1. The van der Waals surface area contributed by atoms with Gasteiger partial charge in [0.1, 0.15) is 11.8 Å². The van der Waals surface area contributed by atoms with Crippen molar-refractivity contribution < 1.29 is 14.3 Å². The van der Waals surface area contributed by atoms with Gasteiger partial charge in [0.2, 0.25) is 0 Å². The molecule has 1 unspecified atom stereocenters. The van der Waals surface area contributed by atoms with Crippen LogP contribution in [0.4, 0.5) is 4.79 Å². The highest BCUT2D eigenvalue weighted by Crippen LogP contribution is 2.31. The van der Waals surface area contributed by atoms with E-state index in [1.165, 1.54) is 9.80 Å². The average molecular weight is 360 g/mol. The third kappa shape index (κ3) is 3.01. The number of benzene rings is 3. The van der Waals surface area contributed by atoms with Crippen LogP contribution >= 0.6 is 0 Å². The first kappa shape index (κ1) is 17.1. The fraction of sp³-hybridized carbons (Fsp3) is 0.182. The van der Waals surface area contributed by atoms with Crippen LogP contribution < -0.4 is 4.74 Å². The Hall–Kier alpha value is -3.34. The molecule has 0 saturated carbocycles. The molecule has 0 aliphatic carbocycles. The Morgan fingerprint density at radius 3 is 2.37 bits per heavy atom. The van der Waals surface area contributed by atoms with Crippen molar-refractivity contribution in [1.29, 1.82) is 0 Å². The maximum Gasteiger partial charge on any atom is 0.327 e. The van der Waals surface area contributed by atoms with E-state index in [2.05, 4.69) is 0 Å². The molecule has 0 spiro atoms. The minimum atomic E-state index is -0.566. The first-order valence-electron chi connectivity index (χ1n) is 8.78. The van der Waals surface area contributed by atoms with Gasteiger partial charge in [-0.05, 0) is 40.1 Å². The highest BCUT2D eigenvalue weighted by Gasteiger charge is 2.43. The Balaban J connectivity index is 1.61. The van der Waals surface area contributed by atoms with Crippen molar-refractivity contribution in [2.24, 2.45) is 0 Å². The van der Waals surface area contributed by atoms with E-state index in [-0.39, 0.29) is 18.5 Å². The lowest BCUT2D eigenvalue weighted by Crippen LogP contribution is -2.30. The zero-order valence-electron chi connectivity index (χ0n) is 15.3. The van der Waals surface area contributed by atoms with Crippen molar-refractivity contribution in [2.75, 3.05) is 14.2 Å².